The number of nitrogens with zero attached hydrogens (tertiary/aromatic N) is 1. The van der Waals surface area contributed by atoms with Gasteiger partial charge in [0.2, 0.25) is 15.9 Å². The summed E-state index contributed by atoms with van der Waals surface area (Å²) in [5.74, 6) is -2.08. The van der Waals surface area contributed by atoms with Crippen molar-refractivity contribution in [2.45, 2.75) is 62.3 Å². The third-order valence-corrected chi connectivity index (χ3v) is 11.9. The number of hydrogen-bond acceptors (Lipinski definition) is 8. The van der Waals surface area contributed by atoms with Gasteiger partial charge in [0, 0.05) is 22.2 Å². The topological polar surface area (TPSA) is 151 Å². The van der Waals surface area contributed by atoms with E-state index in [1.807, 2.05) is 20.8 Å². The van der Waals surface area contributed by atoms with Crippen molar-refractivity contribution in [2.24, 2.45) is 5.41 Å². The standard InChI is InChI=1S/C37H42ClF3N4O6S2/c1-36(2,3)19-20-45(53(49,50)25-15-16-27(42)26(38)21-25)28(22-46)29-17-18-30(52-29)33(37(39,40)41)44-34(47)32(43-35(48)51-4)31(23-11-7-5-8-12-23)24-13-9-6-10-14-24/h5-18,21,28,31-33,46H,19-20,22,42H2,1-4H3,(H,43,48)(H,44,47)/t28-,32+,33-/m1/s1. The average molecular weight is 795 g/mol. The summed E-state index contributed by atoms with van der Waals surface area (Å²) < 4.78 is 78.6. The number of benzene rings is 3. The predicted molar refractivity (Wildman–Crippen MR) is 199 cm³/mol. The highest BCUT2D eigenvalue weighted by Gasteiger charge is 2.46. The molecule has 0 bridgehead atoms. The van der Waals surface area contributed by atoms with Crippen LogP contribution >= 0.6 is 22.9 Å². The van der Waals surface area contributed by atoms with Gasteiger partial charge >= 0.3 is 12.3 Å². The third-order valence-electron chi connectivity index (χ3n) is 8.45. The lowest BCUT2D eigenvalue weighted by atomic mass is 9.84. The summed E-state index contributed by atoms with van der Waals surface area (Å²) in [5.41, 5.74) is 6.68. The van der Waals surface area contributed by atoms with E-state index in [2.05, 4.69) is 10.6 Å². The smallest absolute Gasteiger partial charge is 0.413 e. The second kappa shape index (κ2) is 17.3. The van der Waals surface area contributed by atoms with E-state index in [4.69, 9.17) is 22.1 Å². The number of hydrogen-bond donors (Lipinski definition) is 4. The number of aliphatic hydroxyl groups is 1. The molecule has 16 heteroatoms. The normalized spacial score (nSPS) is 14.1. The molecule has 3 aromatic carbocycles. The van der Waals surface area contributed by atoms with Crippen molar-refractivity contribution in [3.05, 3.63) is 117 Å². The fourth-order valence-electron chi connectivity index (χ4n) is 5.65. The molecule has 3 atom stereocenters. The van der Waals surface area contributed by atoms with Gasteiger partial charge in [-0.15, -0.1) is 11.3 Å². The molecule has 0 aliphatic heterocycles. The van der Waals surface area contributed by atoms with Gasteiger partial charge in [-0.2, -0.15) is 17.5 Å². The molecule has 5 N–H and O–H groups in total. The van der Waals surface area contributed by atoms with Crippen molar-refractivity contribution in [1.29, 1.82) is 0 Å². The van der Waals surface area contributed by atoms with Crippen LogP contribution in [0.1, 0.15) is 66.1 Å². The number of carbonyl (C=O) groups is 2. The molecular weight excluding hydrogens is 753 g/mol. The van der Waals surface area contributed by atoms with Crippen LogP contribution in [0.25, 0.3) is 0 Å². The zero-order valence-electron chi connectivity index (χ0n) is 29.4. The third kappa shape index (κ3) is 10.5. The van der Waals surface area contributed by atoms with Crippen molar-refractivity contribution >= 4 is 50.6 Å². The Morgan fingerprint density at radius 2 is 1.49 bits per heavy atom. The number of halogens is 4. The van der Waals surface area contributed by atoms with E-state index in [1.54, 1.807) is 60.7 Å². The van der Waals surface area contributed by atoms with E-state index >= 15 is 0 Å². The van der Waals surface area contributed by atoms with Crippen molar-refractivity contribution in [1.82, 2.24) is 14.9 Å². The van der Waals surface area contributed by atoms with E-state index < -0.39 is 58.9 Å². The van der Waals surface area contributed by atoms with Gasteiger partial charge in [-0.25, -0.2) is 13.2 Å². The first kappa shape index (κ1) is 41.6. The molecule has 4 aromatic rings. The number of anilines is 1. The van der Waals surface area contributed by atoms with E-state index in [0.717, 1.165) is 17.5 Å². The van der Waals surface area contributed by atoms with E-state index in [-0.39, 0.29) is 37.3 Å². The molecule has 1 heterocycles. The number of carbonyl (C=O) groups excluding carboxylic acids is 2. The van der Waals surface area contributed by atoms with Crippen LogP contribution in [-0.4, -0.2) is 62.3 Å². The van der Waals surface area contributed by atoms with E-state index in [0.29, 0.717) is 28.9 Å². The SMILES string of the molecule is COC(=O)N[C@H](C(=O)N[C@H](c1ccc([C@@H](CO)N(CCC(C)(C)C)S(=O)(=O)c2ccc(N)c(Cl)c2)s1)C(F)(F)F)C(c1ccccc1)c1ccccc1. The summed E-state index contributed by atoms with van der Waals surface area (Å²) in [6.07, 6.45) is -5.73. The van der Waals surface area contributed by atoms with Crippen LogP contribution in [0.3, 0.4) is 0 Å². The molecular formula is C37H42ClF3N4O6S2. The molecule has 1 aromatic heterocycles. The number of nitrogens with two attached hydrogens (primary N) is 1. The molecule has 0 saturated carbocycles. The van der Waals surface area contributed by atoms with Gasteiger partial charge < -0.3 is 26.2 Å². The predicted octanol–water partition coefficient (Wildman–Crippen LogP) is 7.42. The minimum Gasteiger partial charge on any atom is -0.453 e. The Kier molecular flexibility index (Phi) is 13.6. The van der Waals surface area contributed by atoms with Crippen LogP contribution in [0.15, 0.2) is 95.9 Å². The molecule has 0 unspecified atom stereocenters. The Hall–Kier alpha value is -4.15. The van der Waals surface area contributed by atoms with Crippen LogP contribution in [0.4, 0.5) is 23.7 Å². The summed E-state index contributed by atoms with van der Waals surface area (Å²) in [6.45, 7) is 4.83. The van der Waals surface area contributed by atoms with Crippen LogP contribution in [-0.2, 0) is 19.6 Å². The number of sulfonamides is 1. The number of ether oxygens (including phenoxy) is 1. The number of alkyl carbamates (subject to hydrolysis) is 1. The van der Waals surface area contributed by atoms with Crippen molar-refractivity contribution < 1.29 is 41.0 Å². The van der Waals surface area contributed by atoms with Gasteiger partial charge in [-0.1, -0.05) is 93.0 Å². The van der Waals surface area contributed by atoms with Crippen LogP contribution in [0.5, 0.6) is 0 Å². The fourth-order valence-corrected chi connectivity index (χ4v) is 8.78. The number of nitrogens with one attached hydrogen (secondary N) is 2. The van der Waals surface area contributed by atoms with Crippen molar-refractivity contribution in [2.75, 3.05) is 26.0 Å². The number of thiophene rings is 1. The summed E-state index contributed by atoms with van der Waals surface area (Å²) in [5, 5.41) is 15.1. The van der Waals surface area contributed by atoms with Gasteiger partial charge in [0.05, 0.1) is 35.4 Å². The molecule has 0 spiro atoms. The molecule has 286 valence electrons. The van der Waals surface area contributed by atoms with Crippen molar-refractivity contribution in [3.63, 3.8) is 0 Å². The quantitative estimate of drug-likeness (QED) is 0.0971. The average Bonchev–Trinajstić information content (AvgIpc) is 3.58. The van der Waals surface area contributed by atoms with Crippen LogP contribution in [0, 0.1) is 5.41 Å². The lowest BCUT2D eigenvalue weighted by Gasteiger charge is -2.32. The zero-order valence-corrected chi connectivity index (χ0v) is 31.8. The number of rotatable bonds is 14. The number of alkyl halides is 3. The maximum Gasteiger partial charge on any atom is 0.413 e. The second-order valence-electron chi connectivity index (χ2n) is 13.4. The Labute approximate surface area is 316 Å². The summed E-state index contributed by atoms with van der Waals surface area (Å²) in [7, 11) is -3.30. The fraction of sp³-hybridized carbons (Fsp3) is 0.351. The summed E-state index contributed by atoms with van der Waals surface area (Å²) in [4.78, 5) is 26.1. The number of aliphatic hydroxyl groups excluding tert-OH is 1. The number of amides is 2. The maximum absolute atomic E-state index is 14.9. The van der Waals surface area contributed by atoms with Gasteiger partial charge in [-0.05, 0) is 53.3 Å². The van der Waals surface area contributed by atoms with Gasteiger partial charge in [0.1, 0.15) is 6.04 Å². The zero-order chi connectivity index (χ0) is 39.1. The largest absolute Gasteiger partial charge is 0.453 e. The molecule has 0 aliphatic carbocycles. The molecule has 53 heavy (non-hydrogen) atoms. The molecule has 0 fully saturated rings. The molecule has 0 radical (unpaired) electrons. The first-order valence-corrected chi connectivity index (χ1v) is 19.1. The van der Waals surface area contributed by atoms with Gasteiger partial charge in [-0.3, -0.25) is 4.79 Å². The maximum atomic E-state index is 14.9. The van der Waals surface area contributed by atoms with Crippen molar-refractivity contribution in [3.8, 4) is 0 Å². The minimum absolute atomic E-state index is 0.00803. The molecule has 0 saturated heterocycles. The van der Waals surface area contributed by atoms with Crippen LogP contribution in [0.2, 0.25) is 5.02 Å². The monoisotopic (exact) mass is 794 g/mol. The number of nitrogen functional groups attached to an aromatic ring is 1. The number of methoxy groups -OCH3 is 1. The Morgan fingerprint density at radius 3 is 1.98 bits per heavy atom. The molecule has 2 amide bonds. The lowest BCUT2D eigenvalue weighted by molar-refractivity contribution is -0.163. The highest BCUT2D eigenvalue weighted by atomic mass is 35.5. The Morgan fingerprint density at radius 1 is 0.925 bits per heavy atom. The first-order chi connectivity index (χ1) is 24.9. The Bertz CT molecular complexity index is 1920. The highest BCUT2D eigenvalue weighted by molar-refractivity contribution is 7.89. The van der Waals surface area contributed by atoms with Gasteiger partial charge in [0.25, 0.3) is 0 Å². The van der Waals surface area contributed by atoms with E-state index in [1.165, 1.54) is 24.3 Å². The first-order valence-electron chi connectivity index (χ1n) is 16.5. The lowest BCUT2D eigenvalue weighted by Crippen LogP contribution is -2.52. The summed E-state index contributed by atoms with van der Waals surface area (Å²) >= 11 is 6.74. The Balaban J connectivity index is 1.75. The summed E-state index contributed by atoms with van der Waals surface area (Å²) in [6, 6.07) is 17.8. The molecule has 10 nitrogen and oxygen atoms in total. The van der Waals surface area contributed by atoms with Gasteiger partial charge in [0.15, 0.2) is 6.04 Å². The van der Waals surface area contributed by atoms with E-state index in [9.17, 15) is 36.3 Å². The minimum atomic E-state index is -5.03. The second-order valence-corrected chi connectivity index (χ2v) is 16.9. The highest BCUT2D eigenvalue weighted by Crippen LogP contribution is 2.41. The van der Waals surface area contributed by atoms with Crippen LogP contribution < -0.4 is 16.4 Å². The molecule has 0 aliphatic rings. The molecule has 4 rings (SSSR count).